The van der Waals surface area contributed by atoms with Gasteiger partial charge in [0, 0.05) is 21.9 Å². The van der Waals surface area contributed by atoms with Gasteiger partial charge in [-0.05, 0) is 77.5 Å². The molecule has 2 aliphatic rings. The van der Waals surface area contributed by atoms with Crippen LogP contribution in [0.3, 0.4) is 0 Å². The number of nitrogens with zero attached hydrogens (tertiary/aromatic N) is 1. The number of fused-ring (bicyclic) bond motifs is 7. The third kappa shape index (κ3) is 3.61. The van der Waals surface area contributed by atoms with Crippen LogP contribution < -0.4 is 25.9 Å². The molecule has 3 heterocycles. The van der Waals surface area contributed by atoms with Crippen LogP contribution in [0, 0.1) is 0 Å². The van der Waals surface area contributed by atoms with Crippen molar-refractivity contribution in [2.45, 2.75) is 6.92 Å². The van der Waals surface area contributed by atoms with Crippen LogP contribution in [0.25, 0.3) is 33.1 Å². The van der Waals surface area contributed by atoms with E-state index in [0.717, 1.165) is 50.8 Å². The lowest BCUT2D eigenvalue weighted by Gasteiger charge is -2.32. The van der Waals surface area contributed by atoms with Crippen molar-refractivity contribution in [3.8, 4) is 23.0 Å². The Morgan fingerprint density at radius 3 is 2.00 bits per heavy atom. The molecule has 0 fully saturated rings. The molecule has 0 unspecified atom stereocenters. The molecule has 6 aromatic rings. The Morgan fingerprint density at radius 2 is 1.27 bits per heavy atom. The van der Waals surface area contributed by atoms with Crippen molar-refractivity contribution in [2.75, 3.05) is 0 Å². The van der Waals surface area contributed by atoms with Crippen LogP contribution >= 0.6 is 0 Å². The fourth-order valence-electron chi connectivity index (χ4n) is 6.36. The van der Waals surface area contributed by atoms with Gasteiger partial charge in [-0.3, -0.25) is 0 Å². The van der Waals surface area contributed by atoms with Crippen LogP contribution in [0.15, 0.2) is 134 Å². The minimum atomic E-state index is 0.0794. The van der Waals surface area contributed by atoms with Crippen LogP contribution in [0.4, 0.5) is 0 Å². The first-order valence-electron chi connectivity index (χ1n) is 13.9. The fraction of sp³-hybridized carbons (Fsp3) is 0.0270. The minimum absolute atomic E-state index is 0.0794. The summed E-state index contributed by atoms with van der Waals surface area (Å²) >= 11 is 0. The van der Waals surface area contributed by atoms with E-state index in [1.807, 2.05) is 36.4 Å². The van der Waals surface area contributed by atoms with E-state index in [0.29, 0.717) is 0 Å². The van der Waals surface area contributed by atoms with Gasteiger partial charge in [-0.2, -0.15) is 0 Å². The van der Waals surface area contributed by atoms with Gasteiger partial charge in [0.1, 0.15) is 23.0 Å². The lowest BCUT2D eigenvalue weighted by molar-refractivity contribution is 0.464. The third-order valence-corrected chi connectivity index (χ3v) is 8.32. The molecule has 5 aromatic carbocycles. The second-order valence-electron chi connectivity index (χ2n) is 10.6. The summed E-state index contributed by atoms with van der Waals surface area (Å²) in [7, 11) is 0. The highest BCUT2D eigenvalue weighted by atomic mass is 16.5. The summed E-state index contributed by atoms with van der Waals surface area (Å²) in [5.74, 6) is 3.51. The highest BCUT2D eigenvalue weighted by Gasteiger charge is 2.39. The van der Waals surface area contributed by atoms with Gasteiger partial charge in [-0.25, -0.2) is 0 Å². The maximum Gasteiger partial charge on any atom is 0.260 e. The average molecular weight is 527 g/mol. The maximum atomic E-state index is 6.49. The molecule has 8 rings (SSSR count). The summed E-state index contributed by atoms with van der Waals surface area (Å²) in [4.78, 5) is 0. The van der Waals surface area contributed by atoms with Crippen LogP contribution in [-0.2, 0) is 0 Å². The molecule has 0 amide bonds. The number of allylic oxidation sites excluding steroid dienone is 5. The van der Waals surface area contributed by atoms with Gasteiger partial charge in [0.05, 0.1) is 11.0 Å². The Kier molecular flexibility index (Phi) is 5.29. The largest absolute Gasteiger partial charge is 0.458 e. The molecule has 3 nitrogen and oxygen atoms in total. The molecule has 0 radical (unpaired) electrons. The van der Waals surface area contributed by atoms with Crippen molar-refractivity contribution in [3.05, 3.63) is 140 Å². The Bertz CT molecular complexity index is 2040. The molecule has 0 spiro atoms. The molecule has 4 heteroatoms. The molecule has 194 valence electrons. The Labute approximate surface area is 239 Å². The van der Waals surface area contributed by atoms with E-state index < -0.39 is 0 Å². The number of hydrogen-bond donors (Lipinski definition) is 0. The van der Waals surface area contributed by atoms with E-state index in [1.165, 1.54) is 27.3 Å². The van der Waals surface area contributed by atoms with Gasteiger partial charge in [0.25, 0.3) is 6.71 Å². The number of hydrogen-bond acceptors (Lipinski definition) is 2. The molecule has 41 heavy (non-hydrogen) atoms. The molecule has 0 saturated carbocycles. The average Bonchev–Trinajstić information content (AvgIpc) is 3.35. The number of benzene rings is 5. The van der Waals surface area contributed by atoms with Crippen LogP contribution in [0.1, 0.15) is 12.5 Å². The van der Waals surface area contributed by atoms with E-state index in [4.69, 9.17) is 9.47 Å². The number of para-hydroxylation sites is 3. The number of rotatable bonds is 4. The molecule has 2 aliphatic heterocycles. The summed E-state index contributed by atoms with van der Waals surface area (Å²) in [6, 6.07) is 38.0. The van der Waals surface area contributed by atoms with E-state index >= 15 is 0 Å². The zero-order valence-electron chi connectivity index (χ0n) is 22.7. The zero-order chi connectivity index (χ0) is 27.5. The zero-order valence-corrected chi connectivity index (χ0v) is 22.7. The highest BCUT2D eigenvalue weighted by Crippen LogP contribution is 2.35. The van der Waals surface area contributed by atoms with Gasteiger partial charge in [0.2, 0.25) is 0 Å². The first-order valence-corrected chi connectivity index (χ1v) is 13.9. The summed E-state index contributed by atoms with van der Waals surface area (Å²) in [6.45, 7) is 6.38. The SMILES string of the molecule is C=C/C(=C\C=C(/C)c1ccc2c(c1)Oc1cccc3c1B2c1ccccc1O3)n1c2ccccc2c2ccccc21. The van der Waals surface area contributed by atoms with Gasteiger partial charge < -0.3 is 14.0 Å². The lowest BCUT2D eigenvalue weighted by Crippen LogP contribution is -2.57. The predicted octanol–water partition coefficient (Wildman–Crippen LogP) is 7.65. The highest BCUT2D eigenvalue weighted by molar-refractivity contribution is 6.98. The molecular weight excluding hydrogens is 501 g/mol. The first-order chi connectivity index (χ1) is 20.2. The van der Waals surface area contributed by atoms with Crippen molar-refractivity contribution >= 4 is 56.2 Å². The molecule has 0 bridgehead atoms. The van der Waals surface area contributed by atoms with Gasteiger partial charge in [-0.1, -0.05) is 85.5 Å². The van der Waals surface area contributed by atoms with Crippen LogP contribution in [-0.4, -0.2) is 11.3 Å². The minimum Gasteiger partial charge on any atom is -0.458 e. The number of ether oxygens (including phenoxy) is 2. The van der Waals surface area contributed by atoms with Crippen molar-refractivity contribution in [2.24, 2.45) is 0 Å². The Hall–Kier alpha value is -5.22. The van der Waals surface area contributed by atoms with Gasteiger partial charge in [-0.15, -0.1) is 0 Å². The van der Waals surface area contributed by atoms with Crippen molar-refractivity contribution in [1.82, 2.24) is 4.57 Å². The first kappa shape index (κ1) is 23.7. The fourth-order valence-corrected chi connectivity index (χ4v) is 6.36. The maximum absolute atomic E-state index is 6.49. The summed E-state index contributed by atoms with van der Waals surface area (Å²) in [5, 5.41) is 2.48. The van der Waals surface area contributed by atoms with Crippen molar-refractivity contribution in [1.29, 1.82) is 0 Å². The van der Waals surface area contributed by atoms with Crippen molar-refractivity contribution < 1.29 is 9.47 Å². The Balaban J connectivity index is 1.21. The number of aromatic nitrogens is 1. The van der Waals surface area contributed by atoms with Gasteiger partial charge in [0.15, 0.2) is 0 Å². The van der Waals surface area contributed by atoms with Crippen molar-refractivity contribution in [3.63, 3.8) is 0 Å². The molecule has 0 N–H and O–H groups in total. The third-order valence-electron chi connectivity index (χ3n) is 8.32. The standard InChI is InChI=1S/C37H26BNO2/c1-3-26(39-31-14-7-4-11-27(31)28-12-5-8-15-32(28)39)21-19-24(2)25-20-22-30-36(23-25)41-35-18-10-17-34-37(35)38(30)29-13-6-9-16-33(29)40-34/h3-23H,1H2,2H3/b24-19+,26-21+. The lowest BCUT2D eigenvalue weighted by atomic mass is 9.35. The second-order valence-corrected chi connectivity index (χ2v) is 10.6. The second kappa shape index (κ2) is 9.17. The summed E-state index contributed by atoms with van der Waals surface area (Å²) in [5.41, 5.74) is 9.05. The molecule has 0 aliphatic carbocycles. The summed E-state index contributed by atoms with van der Waals surface area (Å²) < 4.78 is 15.0. The Morgan fingerprint density at radius 1 is 0.659 bits per heavy atom. The van der Waals surface area contributed by atoms with Crippen LogP contribution in [0.2, 0.25) is 0 Å². The van der Waals surface area contributed by atoms with Gasteiger partial charge >= 0.3 is 0 Å². The predicted molar refractivity (Wildman–Crippen MR) is 172 cm³/mol. The van der Waals surface area contributed by atoms with Crippen LogP contribution in [0.5, 0.6) is 23.0 Å². The molecule has 0 saturated heterocycles. The molecule has 1 aromatic heterocycles. The normalized spacial score (nSPS) is 13.7. The smallest absolute Gasteiger partial charge is 0.260 e. The van der Waals surface area contributed by atoms with E-state index in [-0.39, 0.29) is 6.71 Å². The quantitative estimate of drug-likeness (QED) is 0.173. The van der Waals surface area contributed by atoms with E-state index in [1.54, 1.807) is 0 Å². The monoisotopic (exact) mass is 527 g/mol. The topological polar surface area (TPSA) is 23.4 Å². The molecular formula is C37H26BNO2. The van der Waals surface area contributed by atoms with E-state index in [9.17, 15) is 0 Å². The summed E-state index contributed by atoms with van der Waals surface area (Å²) in [6.07, 6.45) is 6.24. The van der Waals surface area contributed by atoms with E-state index in [2.05, 4.69) is 109 Å². The molecule has 0 atom stereocenters.